The molecule has 0 aliphatic heterocycles. The number of hydrogen-bond donors (Lipinski definition) is 2. The van der Waals surface area contributed by atoms with Crippen LogP contribution in [0.2, 0.25) is 0 Å². The number of hydrogen-bond acceptors (Lipinski definition) is 4. The first-order valence-corrected chi connectivity index (χ1v) is 9.24. The van der Waals surface area contributed by atoms with Gasteiger partial charge in [0.1, 0.15) is 11.3 Å². The van der Waals surface area contributed by atoms with Gasteiger partial charge >= 0.3 is 0 Å². The predicted octanol–water partition coefficient (Wildman–Crippen LogP) is 3.72. The number of nitrogens with zero attached hydrogens (tertiary/aromatic N) is 2. The Bertz CT molecular complexity index is 875. The van der Waals surface area contributed by atoms with Crippen LogP contribution in [0, 0.1) is 20.8 Å². The number of nitrogens with one attached hydrogen (secondary N) is 2. The summed E-state index contributed by atoms with van der Waals surface area (Å²) in [4.78, 5) is 10.1. The zero-order valence-corrected chi connectivity index (χ0v) is 16.0. The molecule has 2 heterocycles. The van der Waals surface area contributed by atoms with Gasteiger partial charge in [0.15, 0.2) is 5.96 Å². The highest BCUT2D eigenvalue weighted by atomic mass is 32.1. The molecule has 0 amide bonds. The number of benzene rings is 1. The molecule has 0 saturated heterocycles. The molecule has 3 aromatic rings. The Balaban J connectivity index is 1.54. The van der Waals surface area contributed by atoms with Crippen LogP contribution in [0.15, 0.2) is 33.7 Å². The van der Waals surface area contributed by atoms with Gasteiger partial charge in [-0.1, -0.05) is 18.2 Å². The number of thiazole rings is 1. The molecule has 0 radical (unpaired) electrons. The molecule has 132 valence electrons. The fourth-order valence-electron chi connectivity index (χ4n) is 2.71. The van der Waals surface area contributed by atoms with Crippen molar-refractivity contribution < 1.29 is 4.42 Å². The summed E-state index contributed by atoms with van der Waals surface area (Å²) in [6, 6.07) is 8.11. The van der Waals surface area contributed by atoms with Crippen molar-refractivity contribution in [3.8, 4) is 0 Å². The second-order valence-corrected chi connectivity index (χ2v) is 7.29. The monoisotopic (exact) mass is 356 g/mol. The number of aliphatic imine (C=N–C) groups is 1. The second kappa shape index (κ2) is 7.70. The molecule has 1 aromatic carbocycles. The average molecular weight is 356 g/mol. The standard InChI is InChI=1S/C19H24N4OS/c1-12-15-7-5-6-8-16(15)24-17(12)11-22-19(20-4)21-10-9-18-23-13(2)14(3)25-18/h5-8H,9-11H2,1-4H3,(H2,20,21,22). The Labute approximate surface area is 152 Å². The highest BCUT2D eigenvalue weighted by Gasteiger charge is 2.10. The molecule has 3 rings (SSSR count). The van der Waals surface area contributed by atoms with Crippen LogP contribution >= 0.6 is 11.3 Å². The van der Waals surface area contributed by atoms with E-state index in [9.17, 15) is 0 Å². The summed E-state index contributed by atoms with van der Waals surface area (Å²) in [6.45, 7) is 7.66. The summed E-state index contributed by atoms with van der Waals surface area (Å²) < 4.78 is 5.93. The van der Waals surface area contributed by atoms with E-state index in [-0.39, 0.29) is 0 Å². The van der Waals surface area contributed by atoms with Crippen molar-refractivity contribution in [1.82, 2.24) is 15.6 Å². The maximum Gasteiger partial charge on any atom is 0.191 e. The van der Waals surface area contributed by atoms with E-state index in [1.54, 1.807) is 18.4 Å². The normalized spacial score (nSPS) is 11.9. The third-order valence-corrected chi connectivity index (χ3v) is 5.42. The Morgan fingerprint density at radius 2 is 2.00 bits per heavy atom. The maximum atomic E-state index is 5.93. The zero-order chi connectivity index (χ0) is 17.8. The summed E-state index contributed by atoms with van der Waals surface area (Å²) in [7, 11) is 1.78. The van der Waals surface area contributed by atoms with Gasteiger partial charge in [0.25, 0.3) is 0 Å². The Morgan fingerprint density at radius 3 is 2.68 bits per heavy atom. The zero-order valence-electron chi connectivity index (χ0n) is 15.1. The van der Waals surface area contributed by atoms with E-state index in [2.05, 4.69) is 47.4 Å². The molecule has 25 heavy (non-hydrogen) atoms. The molecule has 0 spiro atoms. The van der Waals surface area contributed by atoms with Crippen LogP contribution in [0.3, 0.4) is 0 Å². The number of guanidine groups is 1. The molecule has 2 N–H and O–H groups in total. The lowest BCUT2D eigenvalue weighted by Crippen LogP contribution is -2.37. The van der Waals surface area contributed by atoms with E-state index in [4.69, 9.17) is 4.42 Å². The minimum Gasteiger partial charge on any atom is -0.459 e. The number of aryl methyl sites for hydroxylation is 3. The summed E-state index contributed by atoms with van der Waals surface area (Å²) in [6.07, 6.45) is 0.893. The molecular formula is C19H24N4OS. The first-order chi connectivity index (χ1) is 12.1. The molecule has 0 fully saturated rings. The lowest BCUT2D eigenvalue weighted by atomic mass is 10.1. The highest BCUT2D eigenvalue weighted by molar-refractivity contribution is 7.11. The van der Waals surface area contributed by atoms with E-state index >= 15 is 0 Å². The van der Waals surface area contributed by atoms with Crippen LogP contribution in [0.1, 0.15) is 26.9 Å². The summed E-state index contributed by atoms with van der Waals surface area (Å²) in [5.41, 5.74) is 3.23. The fraction of sp³-hybridized carbons (Fsp3) is 0.368. The van der Waals surface area contributed by atoms with Gasteiger partial charge in [-0.3, -0.25) is 4.99 Å². The minimum atomic E-state index is 0.607. The van der Waals surface area contributed by atoms with E-state index in [1.165, 1.54) is 10.4 Å². The van der Waals surface area contributed by atoms with Gasteiger partial charge in [-0.15, -0.1) is 11.3 Å². The number of aromatic nitrogens is 1. The van der Waals surface area contributed by atoms with Crippen molar-refractivity contribution in [2.45, 2.75) is 33.7 Å². The van der Waals surface area contributed by atoms with Crippen molar-refractivity contribution in [2.75, 3.05) is 13.6 Å². The van der Waals surface area contributed by atoms with E-state index in [0.717, 1.165) is 46.4 Å². The number of para-hydroxylation sites is 1. The molecule has 0 aliphatic carbocycles. The van der Waals surface area contributed by atoms with Crippen LogP contribution in [0.5, 0.6) is 0 Å². The quantitative estimate of drug-likeness (QED) is 0.540. The SMILES string of the molecule is CN=C(NCCc1nc(C)c(C)s1)NCc1oc2ccccc2c1C. The number of fused-ring (bicyclic) bond motifs is 1. The molecule has 0 bridgehead atoms. The Morgan fingerprint density at radius 1 is 1.20 bits per heavy atom. The number of furan rings is 1. The smallest absolute Gasteiger partial charge is 0.191 e. The minimum absolute atomic E-state index is 0.607. The molecule has 6 heteroatoms. The molecule has 0 unspecified atom stereocenters. The van der Waals surface area contributed by atoms with Crippen LogP contribution in [0.25, 0.3) is 11.0 Å². The fourth-order valence-corrected chi connectivity index (χ4v) is 3.65. The largest absolute Gasteiger partial charge is 0.459 e. The topological polar surface area (TPSA) is 62.5 Å². The predicted molar refractivity (Wildman–Crippen MR) is 104 cm³/mol. The van der Waals surface area contributed by atoms with E-state index in [1.807, 2.05) is 18.2 Å². The molecule has 5 nitrogen and oxygen atoms in total. The van der Waals surface area contributed by atoms with Crippen molar-refractivity contribution in [3.05, 3.63) is 51.2 Å². The summed E-state index contributed by atoms with van der Waals surface area (Å²) in [5, 5.41) is 8.97. The lowest BCUT2D eigenvalue weighted by Gasteiger charge is -2.10. The Kier molecular flexibility index (Phi) is 5.38. The van der Waals surface area contributed by atoms with E-state index < -0.39 is 0 Å². The van der Waals surface area contributed by atoms with Crippen molar-refractivity contribution in [1.29, 1.82) is 0 Å². The Hall–Kier alpha value is -2.34. The van der Waals surface area contributed by atoms with Gasteiger partial charge in [0.05, 0.1) is 17.2 Å². The van der Waals surface area contributed by atoms with Gasteiger partial charge in [-0.25, -0.2) is 4.98 Å². The lowest BCUT2D eigenvalue weighted by molar-refractivity contribution is 0.534. The van der Waals surface area contributed by atoms with Gasteiger partial charge < -0.3 is 15.1 Å². The molecule has 0 atom stereocenters. The van der Waals surface area contributed by atoms with Gasteiger partial charge in [-0.05, 0) is 26.8 Å². The first-order valence-electron chi connectivity index (χ1n) is 8.43. The van der Waals surface area contributed by atoms with Gasteiger partial charge in [-0.2, -0.15) is 0 Å². The number of rotatable bonds is 5. The summed E-state index contributed by atoms with van der Waals surface area (Å²) >= 11 is 1.76. The molecule has 0 saturated carbocycles. The van der Waals surface area contributed by atoms with Crippen molar-refractivity contribution >= 4 is 28.3 Å². The van der Waals surface area contributed by atoms with Gasteiger partial charge in [0.2, 0.25) is 0 Å². The van der Waals surface area contributed by atoms with Crippen molar-refractivity contribution in [2.24, 2.45) is 4.99 Å². The highest BCUT2D eigenvalue weighted by Crippen LogP contribution is 2.24. The maximum absolute atomic E-state index is 5.93. The summed E-state index contributed by atoms with van der Waals surface area (Å²) in [5.74, 6) is 1.71. The van der Waals surface area contributed by atoms with Gasteiger partial charge in [0, 0.05) is 35.8 Å². The second-order valence-electron chi connectivity index (χ2n) is 6.00. The third kappa shape index (κ3) is 4.02. The molecular weight excluding hydrogens is 332 g/mol. The third-order valence-electron chi connectivity index (χ3n) is 4.29. The van der Waals surface area contributed by atoms with Crippen LogP contribution in [0.4, 0.5) is 0 Å². The van der Waals surface area contributed by atoms with Crippen LogP contribution in [-0.4, -0.2) is 24.5 Å². The average Bonchev–Trinajstić information content (AvgIpc) is 3.10. The van der Waals surface area contributed by atoms with Crippen LogP contribution in [-0.2, 0) is 13.0 Å². The van der Waals surface area contributed by atoms with Crippen LogP contribution < -0.4 is 10.6 Å². The molecule has 2 aromatic heterocycles. The van der Waals surface area contributed by atoms with Crippen molar-refractivity contribution in [3.63, 3.8) is 0 Å². The first kappa shape index (κ1) is 17.5. The van der Waals surface area contributed by atoms with E-state index in [0.29, 0.717) is 6.54 Å². The molecule has 0 aliphatic rings.